The van der Waals surface area contributed by atoms with Crippen molar-refractivity contribution in [2.45, 2.75) is 25.9 Å². The number of amides is 1. The number of esters is 1. The lowest BCUT2D eigenvalue weighted by atomic mass is 10.1. The van der Waals surface area contributed by atoms with Gasteiger partial charge in [0.1, 0.15) is 6.04 Å². The van der Waals surface area contributed by atoms with E-state index in [1.807, 2.05) is 35.2 Å². The van der Waals surface area contributed by atoms with E-state index in [2.05, 4.69) is 34.5 Å². The number of piperazine rings is 1. The Morgan fingerprint density at radius 1 is 0.966 bits per heavy atom. The zero-order valence-corrected chi connectivity index (χ0v) is 17.1. The molecule has 2 aromatic rings. The first-order valence-corrected chi connectivity index (χ1v) is 10.0. The van der Waals surface area contributed by atoms with Crippen LogP contribution in [-0.2, 0) is 27.3 Å². The Kier molecular flexibility index (Phi) is 7.25. The lowest BCUT2D eigenvalue weighted by Gasteiger charge is -2.35. The van der Waals surface area contributed by atoms with Crippen LogP contribution in [0.25, 0.3) is 0 Å². The second-order valence-electron chi connectivity index (χ2n) is 7.31. The molecule has 0 aromatic heterocycles. The quantitative estimate of drug-likeness (QED) is 0.729. The Hall–Kier alpha value is -2.86. The van der Waals surface area contributed by atoms with Crippen molar-refractivity contribution in [3.05, 3.63) is 65.7 Å². The van der Waals surface area contributed by atoms with Crippen LogP contribution in [0.3, 0.4) is 0 Å². The first-order valence-electron chi connectivity index (χ1n) is 10.0. The molecule has 154 valence electrons. The van der Waals surface area contributed by atoms with E-state index in [4.69, 9.17) is 4.74 Å². The van der Waals surface area contributed by atoms with E-state index in [0.717, 1.165) is 43.0 Å². The van der Waals surface area contributed by atoms with Crippen LogP contribution in [0.2, 0.25) is 0 Å². The highest BCUT2D eigenvalue weighted by atomic mass is 16.5. The summed E-state index contributed by atoms with van der Waals surface area (Å²) in [7, 11) is 1.42. The second-order valence-corrected chi connectivity index (χ2v) is 7.31. The number of anilines is 1. The normalized spacial score (nSPS) is 15.1. The average Bonchev–Trinajstić information content (AvgIpc) is 2.77. The molecule has 1 N–H and O–H groups in total. The number of carbonyl (C=O) groups is 2. The van der Waals surface area contributed by atoms with Crippen LogP contribution in [-0.4, -0.2) is 56.1 Å². The number of nitrogens with zero attached hydrogens (tertiary/aromatic N) is 2. The molecule has 0 bridgehead atoms. The summed E-state index contributed by atoms with van der Waals surface area (Å²) in [6, 6.07) is 17.9. The first kappa shape index (κ1) is 20.9. The molecule has 6 heteroatoms. The summed E-state index contributed by atoms with van der Waals surface area (Å²) >= 11 is 0. The van der Waals surface area contributed by atoms with Crippen molar-refractivity contribution in [1.82, 2.24) is 10.2 Å². The molecule has 3 rings (SSSR count). The topological polar surface area (TPSA) is 61.9 Å². The number of hydrogen-bond acceptors (Lipinski definition) is 5. The summed E-state index contributed by atoms with van der Waals surface area (Å²) in [6.07, 6.45) is 0.589. The molecule has 0 saturated carbocycles. The van der Waals surface area contributed by atoms with E-state index < -0.39 is 0 Å². The van der Waals surface area contributed by atoms with Gasteiger partial charge in [-0.2, -0.15) is 0 Å². The molecular weight excluding hydrogens is 366 g/mol. The van der Waals surface area contributed by atoms with E-state index in [-0.39, 0.29) is 17.9 Å². The van der Waals surface area contributed by atoms with Gasteiger partial charge in [-0.15, -0.1) is 0 Å². The SMILES string of the molecule is COC(=O)[C@H](Cc1ccccc1)NCc1ccc(N2CCN(C(C)=O)CC2)cc1. The molecule has 0 unspecified atom stereocenters. The lowest BCUT2D eigenvalue weighted by Crippen LogP contribution is -2.48. The minimum Gasteiger partial charge on any atom is -0.468 e. The minimum atomic E-state index is -0.387. The van der Waals surface area contributed by atoms with Crippen molar-refractivity contribution in [3.63, 3.8) is 0 Å². The van der Waals surface area contributed by atoms with Crippen molar-refractivity contribution in [2.24, 2.45) is 0 Å². The van der Waals surface area contributed by atoms with Crippen LogP contribution in [0.15, 0.2) is 54.6 Å². The molecule has 1 atom stereocenters. The molecule has 6 nitrogen and oxygen atoms in total. The highest BCUT2D eigenvalue weighted by Crippen LogP contribution is 2.18. The average molecular weight is 396 g/mol. The summed E-state index contributed by atoms with van der Waals surface area (Å²) in [5, 5.41) is 3.32. The van der Waals surface area contributed by atoms with Crippen LogP contribution in [0.1, 0.15) is 18.1 Å². The number of methoxy groups -OCH3 is 1. The van der Waals surface area contributed by atoms with E-state index in [1.165, 1.54) is 7.11 Å². The standard InChI is InChI=1S/C23H29N3O3/c1-18(27)25-12-14-26(15-13-25)21-10-8-20(9-11-21)17-24-22(23(28)29-2)16-19-6-4-3-5-7-19/h3-11,22,24H,12-17H2,1-2H3/t22-/m0/s1. The summed E-state index contributed by atoms with van der Waals surface area (Å²) in [5.41, 5.74) is 3.36. The number of nitrogens with one attached hydrogen (secondary N) is 1. The first-order chi connectivity index (χ1) is 14.1. The molecule has 1 fully saturated rings. The van der Waals surface area contributed by atoms with Crippen molar-refractivity contribution >= 4 is 17.6 Å². The smallest absolute Gasteiger partial charge is 0.323 e. The maximum absolute atomic E-state index is 12.2. The third-order valence-electron chi connectivity index (χ3n) is 5.35. The number of rotatable bonds is 7. The van der Waals surface area contributed by atoms with Crippen molar-refractivity contribution < 1.29 is 14.3 Å². The molecule has 1 heterocycles. The zero-order chi connectivity index (χ0) is 20.6. The van der Waals surface area contributed by atoms with Crippen LogP contribution >= 0.6 is 0 Å². The van der Waals surface area contributed by atoms with Crippen molar-refractivity contribution in [3.8, 4) is 0 Å². The maximum Gasteiger partial charge on any atom is 0.323 e. The third kappa shape index (κ3) is 5.81. The third-order valence-corrected chi connectivity index (χ3v) is 5.35. The van der Waals surface area contributed by atoms with Crippen LogP contribution < -0.4 is 10.2 Å². The van der Waals surface area contributed by atoms with Gasteiger partial charge in [0.25, 0.3) is 0 Å². The second kappa shape index (κ2) is 10.1. The summed E-state index contributed by atoms with van der Waals surface area (Å²) in [6.45, 7) is 5.43. The lowest BCUT2D eigenvalue weighted by molar-refractivity contribution is -0.143. The van der Waals surface area contributed by atoms with E-state index in [9.17, 15) is 9.59 Å². The van der Waals surface area contributed by atoms with Gasteiger partial charge >= 0.3 is 5.97 Å². The van der Waals surface area contributed by atoms with Gasteiger partial charge in [0, 0.05) is 45.3 Å². The predicted molar refractivity (Wildman–Crippen MR) is 114 cm³/mol. The Morgan fingerprint density at radius 2 is 1.62 bits per heavy atom. The molecule has 0 aliphatic carbocycles. The highest BCUT2D eigenvalue weighted by Gasteiger charge is 2.20. The van der Waals surface area contributed by atoms with E-state index in [1.54, 1.807) is 6.92 Å². The number of benzene rings is 2. The van der Waals surface area contributed by atoms with Crippen LogP contribution in [0.5, 0.6) is 0 Å². The Morgan fingerprint density at radius 3 is 2.21 bits per heavy atom. The van der Waals surface area contributed by atoms with Crippen LogP contribution in [0.4, 0.5) is 5.69 Å². The minimum absolute atomic E-state index is 0.140. The molecule has 29 heavy (non-hydrogen) atoms. The Balaban J connectivity index is 1.55. The number of carbonyl (C=O) groups excluding carboxylic acids is 2. The van der Waals surface area contributed by atoms with Gasteiger partial charge in [0.05, 0.1) is 7.11 Å². The van der Waals surface area contributed by atoms with E-state index in [0.29, 0.717) is 13.0 Å². The molecule has 1 amide bonds. The van der Waals surface area contributed by atoms with Gasteiger partial charge in [-0.3, -0.25) is 9.59 Å². The molecule has 1 aliphatic heterocycles. The molecular formula is C23H29N3O3. The van der Waals surface area contributed by atoms with Crippen LogP contribution in [0, 0.1) is 0 Å². The van der Waals surface area contributed by atoms with Gasteiger partial charge in [0.15, 0.2) is 0 Å². The number of hydrogen-bond donors (Lipinski definition) is 1. The monoisotopic (exact) mass is 395 g/mol. The molecule has 0 radical (unpaired) electrons. The molecule has 1 aliphatic rings. The largest absolute Gasteiger partial charge is 0.468 e. The van der Waals surface area contributed by atoms with Gasteiger partial charge < -0.3 is 19.9 Å². The molecule has 0 spiro atoms. The summed E-state index contributed by atoms with van der Waals surface area (Å²) in [5.74, 6) is -0.115. The van der Waals surface area contributed by atoms with Gasteiger partial charge in [-0.25, -0.2) is 0 Å². The Bertz CT molecular complexity index is 800. The van der Waals surface area contributed by atoms with Gasteiger partial charge in [-0.05, 0) is 29.7 Å². The summed E-state index contributed by atoms with van der Waals surface area (Å²) in [4.78, 5) is 27.8. The van der Waals surface area contributed by atoms with Gasteiger partial charge in [0.2, 0.25) is 5.91 Å². The molecule has 1 saturated heterocycles. The highest BCUT2D eigenvalue weighted by molar-refractivity contribution is 5.76. The Labute approximate surface area is 172 Å². The van der Waals surface area contributed by atoms with Crippen molar-refractivity contribution in [2.75, 3.05) is 38.2 Å². The van der Waals surface area contributed by atoms with Gasteiger partial charge in [-0.1, -0.05) is 42.5 Å². The fourth-order valence-corrected chi connectivity index (χ4v) is 3.58. The molecule has 2 aromatic carbocycles. The fraction of sp³-hybridized carbons (Fsp3) is 0.391. The van der Waals surface area contributed by atoms with E-state index >= 15 is 0 Å². The zero-order valence-electron chi connectivity index (χ0n) is 17.1. The fourth-order valence-electron chi connectivity index (χ4n) is 3.58. The van der Waals surface area contributed by atoms with Crippen molar-refractivity contribution in [1.29, 1.82) is 0 Å². The predicted octanol–water partition coefficient (Wildman–Crippen LogP) is 2.23. The maximum atomic E-state index is 12.2. The number of ether oxygens (including phenoxy) is 1. The summed E-state index contributed by atoms with van der Waals surface area (Å²) < 4.78 is 4.96.